The molecule has 0 spiro atoms. The smallest absolute Gasteiger partial charge is 0.0622 e. The number of hydrogen-bond donors (Lipinski definition) is 2. The molecule has 0 aromatic carbocycles. The summed E-state index contributed by atoms with van der Waals surface area (Å²) in [7, 11) is 0. The van der Waals surface area contributed by atoms with Crippen LogP contribution in [0.5, 0.6) is 0 Å². The summed E-state index contributed by atoms with van der Waals surface area (Å²) < 4.78 is 0. The standard InChI is InChI=1S/C11H20O2/c1-4-5-6-7-8-10(13)11(2,3)9-12/h10,12-13H,4,7-9H2,1-3H3. The van der Waals surface area contributed by atoms with Gasteiger partial charge in [0.1, 0.15) is 0 Å². The van der Waals surface area contributed by atoms with Gasteiger partial charge in [-0.25, -0.2) is 0 Å². The summed E-state index contributed by atoms with van der Waals surface area (Å²) in [6.07, 6.45) is 1.74. The maximum atomic E-state index is 9.65. The van der Waals surface area contributed by atoms with Crippen LogP contribution >= 0.6 is 0 Å². The van der Waals surface area contributed by atoms with Gasteiger partial charge in [0.15, 0.2) is 0 Å². The van der Waals surface area contributed by atoms with Gasteiger partial charge in [-0.2, -0.15) is 0 Å². The molecule has 0 amide bonds. The lowest BCUT2D eigenvalue weighted by Crippen LogP contribution is -2.32. The van der Waals surface area contributed by atoms with Crippen LogP contribution in [0, 0.1) is 17.3 Å². The molecule has 76 valence electrons. The highest BCUT2D eigenvalue weighted by Crippen LogP contribution is 2.22. The lowest BCUT2D eigenvalue weighted by atomic mass is 9.85. The maximum absolute atomic E-state index is 9.65. The van der Waals surface area contributed by atoms with Crippen LogP contribution in [0.15, 0.2) is 0 Å². The Morgan fingerprint density at radius 2 is 1.92 bits per heavy atom. The van der Waals surface area contributed by atoms with Crippen LogP contribution in [0.4, 0.5) is 0 Å². The lowest BCUT2D eigenvalue weighted by Gasteiger charge is -2.27. The highest BCUT2D eigenvalue weighted by Gasteiger charge is 2.25. The van der Waals surface area contributed by atoms with Gasteiger partial charge in [0.05, 0.1) is 12.7 Å². The van der Waals surface area contributed by atoms with Gasteiger partial charge in [0.25, 0.3) is 0 Å². The van der Waals surface area contributed by atoms with Gasteiger partial charge in [-0.1, -0.05) is 20.8 Å². The van der Waals surface area contributed by atoms with Crippen molar-refractivity contribution in [3.8, 4) is 11.8 Å². The SMILES string of the molecule is CCC#CCCC(O)C(C)(C)CO. The Balaban J connectivity index is 3.80. The highest BCUT2D eigenvalue weighted by molar-refractivity contribution is 4.98. The second kappa shape index (κ2) is 6.01. The molecule has 0 bridgehead atoms. The van der Waals surface area contributed by atoms with E-state index in [0.717, 1.165) is 6.42 Å². The van der Waals surface area contributed by atoms with E-state index in [2.05, 4.69) is 11.8 Å². The molecule has 0 heterocycles. The molecule has 2 nitrogen and oxygen atoms in total. The lowest BCUT2D eigenvalue weighted by molar-refractivity contribution is 0.00385. The Labute approximate surface area is 81.0 Å². The summed E-state index contributed by atoms with van der Waals surface area (Å²) in [5.74, 6) is 5.92. The first-order chi connectivity index (χ1) is 6.04. The molecule has 0 aromatic heterocycles. The highest BCUT2D eigenvalue weighted by atomic mass is 16.3. The summed E-state index contributed by atoms with van der Waals surface area (Å²) >= 11 is 0. The molecule has 0 aliphatic rings. The van der Waals surface area contributed by atoms with Crippen LogP contribution in [0.3, 0.4) is 0 Å². The molecule has 0 saturated heterocycles. The van der Waals surface area contributed by atoms with E-state index < -0.39 is 11.5 Å². The zero-order valence-electron chi connectivity index (χ0n) is 8.80. The van der Waals surface area contributed by atoms with Crippen molar-refractivity contribution in [1.82, 2.24) is 0 Å². The Bertz CT molecular complexity index is 186. The van der Waals surface area contributed by atoms with Gasteiger partial charge in [-0.05, 0) is 6.42 Å². The Morgan fingerprint density at radius 1 is 1.31 bits per heavy atom. The summed E-state index contributed by atoms with van der Waals surface area (Å²) in [6.45, 7) is 5.71. The van der Waals surface area contributed by atoms with Crippen molar-refractivity contribution in [2.75, 3.05) is 6.61 Å². The number of aliphatic hydroxyl groups excluding tert-OH is 2. The molecule has 1 atom stereocenters. The average Bonchev–Trinajstić information content (AvgIpc) is 2.12. The van der Waals surface area contributed by atoms with E-state index in [1.165, 1.54) is 0 Å². The molecular formula is C11H20O2. The molecule has 0 aliphatic heterocycles. The largest absolute Gasteiger partial charge is 0.396 e. The molecule has 2 N–H and O–H groups in total. The van der Waals surface area contributed by atoms with E-state index >= 15 is 0 Å². The van der Waals surface area contributed by atoms with E-state index in [9.17, 15) is 5.11 Å². The second-order valence-electron chi connectivity index (χ2n) is 3.91. The molecule has 1 unspecified atom stereocenters. The molecule has 0 saturated carbocycles. The fourth-order valence-corrected chi connectivity index (χ4v) is 0.918. The van der Waals surface area contributed by atoms with Gasteiger partial charge < -0.3 is 10.2 Å². The third kappa shape index (κ3) is 4.92. The summed E-state index contributed by atoms with van der Waals surface area (Å²) in [5.41, 5.74) is -0.409. The van der Waals surface area contributed by atoms with Crippen molar-refractivity contribution >= 4 is 0 Å². The van der Waals surface area contributed by atoms with Crippen molar-refractivity contribution in [1.29, 1.82) is 0 Å². The van der Waals surface area contributed by atoms with Crippen LogP contribution in [0.25, 0.3) is 0 Å². The quantitative estimate of drug-likeness (QED) is 0.651. The predicted octanol–water partition coefficient (Wildman–Crippen LogP) is 1.56. The normalized spacial score (nSPS) is 13.3. The number of rotatable bonds is 4. The molecule has 0 aliphatic carbocycles. The first-order valence-corrected chi connectivity index (χ1v) is 4.79. The minimum absolute atomic E-state index is 0.00930. The molecule has 0 radical (unpaired) electrons. The van der Waals surface area contributed by atoms with Gasteiger partial charge in [-0.3, -0.25) is 0 Å². The first-order valence-electron chi connectivity index (χ1n) is 4.79. The molecule has 0 fully saturated rings. The van der Waals surface area contributed by atoms with Crippen LogP contribution < -0.4 is 0 Å². The Kier molecular flexibility index (Phi) is 5.77. The summed E-state index contributed by atoms with van der Waals surface area (Å²) in [6, 6.07) is 0. The predicted molar refractivity (Wildman–Crippen MR) is 54.2 cm³/mol. The maximum Gasteiger partial charge on any atom is 0.0622 e. The Hall–Kier alpha value is -0.520. The fraction of sp³-hybridized carbons (Fsp3) is 0.818. The number of aliphatic hydroxyl groups is 2. The van der Waals surface area contributed by atoms with E-state index in [1.807, 2.05) is 20.8 Å². The average molecular weight is 184 g/mol. The minimum atomic E-state index is -0.469. The Morgan fingerprint density at radius 3 is 2.38 bits per heavy atom. The summed E-state index contributed by atoms with van der Waals surface area (Å²) in [5, 5.41) is 18.6. The van der Waals surface area contributed by atoms with Crippen molar-refractivity contribution < 1.29 is 10.2 Å². The van der Waals surface area contributed by atoms with Crippen molar-refractivity contribution in [3.63, 3.8) is 0 Å². The fourth-order valence-electron chi connectivity index (χ4n) is 0.918. The molecule has 0 aromatic rings. The topological polar surface area (TPSA) is 40.5 Å². The molecule has 0 rings (SSSR count). The van der Waals surface area contributed by atoms with E-state index in [0.29, 0.717) is 12.8 Å². The van der Waals surface area contributed by atoms with Gasteiger partial charge >= 0.3 is 0 Å². The third-order valence-electron chi connectivity index (χ3n) is 2.15. The van der Waals surface area contributed by atoms with Crippen LogP contribution in [0.2, 0.25) is 0 Å². The second-order valence-corrected chi connectivity index (χ2v) is 3.91. The third-order valence-corrected chi connectivity index (χ3v) is 2.15. The van der Waals surface area contributed by atoms with E-state index in [-0.39, 0.29) is 6.61 Å². The number of hydrogen-bond acceptors (Lipinski definition) is 2. The van der Waals surface area contributed by atoms with Gasteiger partial charge in [0.2, 0.25) is 0 Å². The molecule has 13 heavy (non-hydrogen) atoms. The van der Waals surface area contributed by atoms with Crippen molar-refractivity contribution in [2.45, 2.75) is 46.1 Å². The van der Waals surface area contributed by atoms with Crippen molar-refractivity contribution in [3.05, 3.63) is 0 Å². The zero-order valence-corrected chi connectivity index (χ0v) is 8.80. The summed E-state index contributed by atoms with van der Waals surface area (Å²) in [4.78, 5) is 0. The van der Waals surface area contributed by atoms with Crippen molar-refractivity contribution in [2.24, 2.45) is 5.41 Å². The van der Waals surface area contributed by atoms with E-state index in [1.54, 1.807) is 0 Å². The zero-order chi connectivity index (χ0) is 10.3. The molecule has 2 heteroatoms. The minimum Gasteiger partial charge on any atom is -0.396 e. The van der Waals surface area contributed by atoms with Crippen LogP contribution in [-0.4, -0.2) is 22.9 Å². The van der Waals surface area contributed by atoms with Gasteiger partial charge in [-0.15, -0.1) is 11.8 Å². The van der Waals surface area contributed by atoms with E-state index in [4.69, 9.17) is 5.11 Å². The van der Waals surface area contributed by atoms with Crippen LogP contribution in [0.1, 0.15) is 40.0 Å². The monoisotopic (exact) mass is 184 g/mol. The molecular weight excluding hydrogens is 164 g/mol. The first kappa shape index (κ1) is 12.5. The van der Waals surface area contributed by atoms with Crippen LogP contribution in [-0.2, 0) is 0 Å². The van der Waals surface area contributed by atoms with Gasteiger partial charge in [0, 0.05) is 18.3 Å².